The van der Waals surface area contributed by atoms with Crippen molar-refractivity contribution in [2.75, 3.05) is 18.9 Å². The number of hydrogen-bond acceptors (Lipinski definition) is 7. The van der Waals surface area contributed by atoms with Gasteiger partial charge in [0, 0.05) is 6.20 Å². The number of nitrogens with two attached hydrogens (primary N) is 1. The van der Waals surface area contributed by atoms with Crippen LogP contribution >= 0.6 is 0 Å². The molecule has 9 heteroatoms. The van der Waals surface area contributed by atoms with Crippen molar-refractivity contribution >= 4 is 17.8 Å². The summed E-state index contributed by atoms with van der Waals surface area (Å²) in [6.45, 7) is 0.0179. The predicted molar refractivity (Wildman–Crippen MR) is 66.7 cm³/mol. The lowest BCUT2D eigenvalue weighted by Gasteiger charge is -2.07. The Hall–Kier alpha value is -2.42. The van der Waals surface area contributed by atoms with Crippen LogP contribution in [0.4, 0.5) is 5.82 Å². The lowest BCUT2D eigenvalue weighted by atomic mass is 10.3. The molecule has 0 bridgehead atoms. The predicted octanol–water partition coefficient (Wildman–Crippen LogP) is -0.792. The minimum absolute atomic E-state index is 0.0183. The van der Waals surface area contributed by atoms with E-state index in [9.17, 15) is 14.4 Å². The number of hydrogen-bond donors (Lipinski definition) is 2. The van der Waals surface area contributed by atoms with Crippen LogP contribution in [0.15, 0.2) is 17.1 Å². The molecule has 0 spiro atoms. The standard InChI is InChI=1S/C11H15N3O6/c12-8-3-4-14(11(18)13-8)7-19-5-6-20-10(17)2-1-9(15)16/h3-4H,1-2,5-7H2,(H,15,16)(H2,12,13,18). The van der Waals surface area contributed by atoms with E-state index in [0.717, 1.165) is 0 Å². The molecule has 0 aromatic carbocycles. The van der Waals surface area contributed by atoms with E-state index < -0.39 is 17.6 Å². The Bertz CT molecular complexity index is 527. The van der Waals surface area contributed by atoms with Gasteiger partial charge < -0.3 is 20.3 Å². The SMILES string of the molecule is Nc1ccn(COCCOC(=O)CCC(=O)O)c(=O)n1. The van der Waals surface area contributed by atoms with Crippen LogP contribution < -0.4 is 11.4 Å². The second-order valence-electron chi connectivity index (χ2n) is 3.76. The van der Waals surface area contributed by atoms with E-state index in [-0.39, 0.29) is 38.6 Å². The van der Waals surface area contributed by atoms with Crippen LogP contribution in [-0.2, 0) is 25.8 Å². The van der Waals surface area contributed by atoms with Gasteiger partial charge in [-0.3, -0.25) is 14.2 Å². The maximum absolute atomic E-state index is 11.3. The van der Waals surface area contributed by atoms with E-state index >= 15 is 0 Å². The quantitative estimate of drug-likeness (QED) is 0.468. The molecule has 1 aromatic heterocycles. The third-order valence-corrected chi connectivity index (χ3v) is 2.16. The number of aliphatic carboxylic acids is 1. The summed E-state index contributed by atoms with van der Waals surface area (Å²) in [6, 6.07) is 1.46. The van der Waals surface area contributed by atoms with Crippen LogP contribution in [0.5, 0.6) is 0 Å². The van der Waals surface area contributed by atoms with E-state index in [0.29, 0.717) is 0 Å². The second kappa shape index (κ2) is 7.89. The van der Waals surface area contributed by atoms with Gasteiger partial charge in [0.1, 0.15) is 19.2 Å². The Morgan fingerprint density at radius 1 is 1.35 bits per heavy atom. The lowest BCUT2D eigenvalue weighted by Crippen LogP contribution is -2.25. The highest BCUT2D eigenvalue weighted by Crippen LogP contribution is 1.94. The summed E-state index contributed by atoms with van der Waals surface area (Å²) < 4.78 is 11.0. The van der Waals surface area contributed by atoms with Crippen molar-refractivity contribution in [1.82, 2.24) is 9.55 Å². The average Bonchev–Trinajstić information content (AvgIpc) is 2.38. The second-order valence-corrected chi connectivity index (χ2v) is 3.76. The van der Waals surface area contributed by atoms with Crippen LogP contribution in [0.1, 0.15) is 12.8 Å². The van der Waals surface area contributed by atoms with Crippen LogP contribution in [0.2, 0.25) is 0 Å². The average molecular weight is 285 g/mol. The van der Waals surface area contributed by atoms with Crippen LogP contribution in [-0.4, -0.2) is 39.8 Å². The third-order valence-electron chi connectivity index (χ3n) is 2.16. The molecule has 0 atom stereocenters. The maximum atomic E-state index is 11.3. The van der Waals surface area contributed by atoms with Crippen molar-refractivity contribution in [3.63, 3.8) is 0 Å². The van der Waals surface area contributed by atoms with Gasteiger partial charge in [-0.2, -0.15) is 4.98 Å². The summed E-state index contributed by atoms with van der Waals surface area (Å²) in [5, 5.41) is 8.36. The summed E-state index contributed by atoms with van der Waals surface area (Å²) in [7, 11) is 0. The molecule has 1 heterocycles. The van der Waals surface area contributed by atoms with Gasteiger partial charge in [0.2, 0.25) is 0 Å². The van der Waals surface area contributed by atoms with Gasteiger partial charge in [-0.25, -0.2) is 4.79 Å². The normalized spacial score (nSPS) is 10.2. The highest BCUT2D eigenvalue weighted by atomic mass is 16.6. The van der Waals surface area contributed by atoms with Gasteiger partial charge >= 0.3 is 17.6 Å². The van der Waals surface area contributed by atoms with Crippen molar-refractivity contribution in [2.24, 2.45) is 0 Å². The van der Waals surface area contributed by atoms with E-state index in [2.05, 4.69) is 4.98 Å². The number of carbonyl (C=O) groups excluding carboxylic acids is 1. The Kier molecular flexibility index (Phi) is 6.17. The number of esters is 1. The number of carboxylic acid groups (broad SMARTS) is 1. The molecule has 0 aliphatic heterocycles. The molecule has 110 valence electrons. The molecule has 0 fully saturated rings. The number of aromatic nitrogens is 2. The summed E-state index contributed by atoms with van der Waals surface area (Å²) in [5.74, 6) is -1.55. The van der Waals surface area contributed by atoms with Crippen molar-refractivity contribution < 1.29 is 24.2 Å². The molecule has 0 radical (unpaired) electrons. The minimum atomic E-state index is -1.06. The monoisotopic (exact) mass is 285 g/mol. The molecule has 0 saturated carbocycles. The molecule has 0 unspecified atom stereocenters. The molecule has 0 amide bonds. The zero-order chi connectivity index (χ0) is 15.0. The fourth-order valence-electron chi connectivity index (χ4n) is 1.20. The minimum Gasteiger partial charge on any atom is -0.481 e. The third kappa shape index (κ3) is 5.96. The van der Waals surface area contributed by atoms with Gasteiger partial charge in [0.15, 0.2) is 0 Å². The van der Waals surface area contributed by atoms with Gasteiger partial charge in [0.05, 0.1) is 19.4 Å². The van der Waals surface area contributed by atoms with Gasteiger partial charge in [-0.1, -0.05) is 0 Å². The summed E-state index contributed by atoms with van der Waals surface area (Å²) >= 11 is 0. The molecular weight excluding hydrogens is 270 g/mol. The highest BCUT2D eigenvalue weighted by Gasteiger charge is 2.06. The zero-order valence-electron chi connectivity index (χ0n) is 10.7. The number of nitrogens with zero attached hydrogens (tertiary/aromatic N) is 2. The smallest absolute Gasteiger partial charge is 0.351 e. The number of nitrogen functional groups attached to an aromatic ring is 1. The number of rotatable bonds is 8. The lowest BCUT2D eigenvalue weighted by molar-refractivity contribution is -0.149. The van der Waals surface area contributed by atoms with Crippen molar-refractivity contribution in [1.29, 1.82) is 0 Å². The van der Waals surface area contributed by atoms with Crippen molar-refractivity contribution in [3.8, 4) is 0 Å². The Balaban J connectivity index is 2.17. The van der Waals surface area contributed by atoms with Gasteiger partial charge in [-0.15, -0.1) is 0 Å². The Labute approximate surface area is 113 Å². The number of anilines is 1. The first-order valence-corrected chi connectivity index (χ1v) is 5.77. The largest absolute Gasteiger partial charge is 0.481 e. The molecule has 1 aromatic rings. The first-order chi connectivity index (χ1) is 9.49. The van der Waals surface area contributed by atoms with E-state index in [1.807, 2.05) is 0 Å². The Morgan fingerprint density at radius 3 is 2.75 bits per heavy atom. The van der Waals surface area contributed by atoms with E-state index in [1.54, 1.807) is 0 Å². The van der Waals surface area contributed by atoms with Crippen molar-refractivity contribution in [2.45, 2.75) is 19.6 Å². The van der Waals surface area contributed by atoms with E-state index in [4.69, 9.17) is 20.3 Å². The van der Waals surface area contributed by atoms with Crippen LogP contribution in [0.3, 0.4) is 0 Å². The maximum Gasteiger partial charge on any atom is 0.351 e. The fraction of sp³-hybridized carbons (Fsp3) is 0.455. The molecular formula is C11H15N3O6. The molecule has 9 nitrogen and oxygen atoms in total. The summed E-state index contributed by atoms with van der Waals surface area (Å²) in [4.78, 5) is 36.1. The Morgan fingerprint density at radius 2 is 2.10 bits per heavy atom. The molecule has 0 saturated heterocycles. The summed E-state index contributed by atoms with van der Waals surface area (Å²) in [5.41, 5.74) is 4.78. The molecule has 1 rings (SSSR count). The molecule has 0 aliphatic carbocycles. The number of ether oxygens (including phenoxy) is 2. The number of carboxylic acids is 1. The number of carbonyl (C=O) groups is 2. The molecule has 0 aliphatic rings. The zero-order valence-corrected chi connectivity index (χ0v) is 10.7. The van der Waals surface area contributed by atoms with Gasteiger partial charge in [0.25, 0.3) is 0 Å². The summed E-state index contributed by atoms with van der Waals surface area (Å²) in [6.07, 6.45) is 0.979. The topological polar surface area (TPSA) is 134 Å². The van der Waals surface area contributed by atoms with Crippen LogP contribution in [0, 0.1) is 0 Å². The van der Waals surface area contributed by atoms with E-state index in [1.165, 1.54) is 16.8 Å². The first-order valence-electron chi connectivity index (χ1n) is 5.77. The van der Waals surface area contributed by atoms with Gasteiger partial charge in [-0.05, 0) is 6.07 Å². The highest BCUT2D eigenvalue weighted by molar-refractivity contribution is 5.76. The van der Waals surface area contributed by atoms with Crippen LogP contribution in [0.25, 0.3) is 0 Å². The molecule has 3 N–H and O–H groups in total. The molecule has 20 heavy (non-hydrogen) atoms. The first kappa shape index (κ1) is 15.6. The van der Waals surface area contributed by atoms with Crippen molar-refractivity contribution in [3.05, 3.63) is 22.7 Å². The fourth-order valence-corrected chi connectivity index (χ4v) is 1.20.